The standard InChI is InChI=1S/C11H11FO2/c1-11(10(13)14)5-7-3-2-4-9(12)8(7)6-11/h2-4H,5-6H2,1H3,(H,13,14). The number of halogens is 1. The van der Waals surface area contributed by atoms with Crippen molar-refractivity contribution in [2.24, 2.45) is 5.41 Å². The minimum Gasteiger partial charge on any atom is -0.481 e. The Kier molecular flexibility index (Phi) is 1.84. The van der Waals surface area contributed by atoms with Crippen LogP contribution in [0.2, 0.25) is 0 Å². The summed E-state index contributed by atoms with van der Waals surface area (Å²) in [6.45, 7) is 1.66. The van der Waals surface area contributed by atoms with E-state index in [1.54, 1.807) is 19.1 Å². The first kappa shape index (κ1) is 9.19. The van der Waals surface area contributed by atoms with Crippen LogP contribution in [-0.4, -0.2) is 11.1 Å². The Labute approximate surface area is 81.4 Å². The number of carboxylic acid groups (broad SMARTS) is 1. The van der Waals surface area contributed by atoms with Crippen LogP contribution in [0, 0.1) is 11.2 Å². The minimum absolute atomic E-state index is 0.285. The van der Waals surface area contributed by atoms with Crippen molar-refractivity contribution in [3.05, 3.63) is 35.1 Å². The molecule has 74 valence electrons. The molecule has 1 atom stereocenters. The maximum absolute atomic E-state index is 13.3. The van der Waals surface area contributed by atoms with E-state index in [2.05, 4.69) is 0 Å². The van der Waals surface area contributed by atoms with E-state index >= 15 is 0 Å². The van der Waals surface area contributed by atoms with Crippen molar-refractivity contribution in [1.29, 1.82) is 0 Å². The summed E-state index contributed by atoms with van der Waals surface area (Å²) in [4.78, 5) is 11.0. The molecular formula is C11H11FO2. The van der Waals surface area contributed by atoms with Gasteiger partial charge >= 0.3 is 5.97 Å². The van der Waals surface area contributed by atoms with Crippen LogP contribution in [0.4, 0.5) is 4.39 Å². The van der Waals surface area contributed by atoms with Gasteiger partial charge in [0.25, 0.3) is 0 Å². The van der Waals surface area contributed by atoms with E-state index in [9.17, 15) is 9.18 Å². The van der Waals surface area contributed by atoms with Gasteiger partial charge in [-0.15, -0.1) is 0 Å². The van der Waals surface area contributed by atoms with Crippen molar-refractivity contribution in [2.45, 2.75) is 19.8 Å². The van der Waals surface area contributed by atoms with Crippen LogP contribution in [0.15, 0.2) is 18.2 Å². The second kappa shape index (κ2) is 2.80. The lowest BCUT2D eigenvalue weighted by Gasteiger charge is -2.16. The Hall–Kier alpha value is -1.38. The number of hydrogen-bond acceptors (Lipinski definition) is 1. The third kappa shape index (κ3) is 1.20. The Bertz CT molecular complexity index is 400. The van der Waals surface area contributed by atoms with Gasteiger partial charge in [0, 0.05) is 0 Å². The van der Waals surface area contributed by atoms with Crippen LogP contribution < -0.4 is 0 Å². The molecular weight excluding hydrogens is 183 g/mol. The molecule has 0 saturated carbocycles. The van der Waals surface area contributed by atoms with Crippen molar-refractivity contribution in [1.82, 2.24) is 0 Å². The number of fused-ring (bicyclic) bond motifs is 1. The van der Waals surface area contributed by atoms with Crippen molar-refractivity contribution in [3.8, 4) is 0 Å². The number of benzene rings is 1. The number of aliphatic carboxylic acids is 1. The fourth-order valence-corrected chi connectivity index (χ4v) is 1.99. The molecule has 0 heterocycles. The zero-order valence-electron chi connectivity index (χ0n) is 7.88. The van der Waals surface area contributed by atoms with E-state index < -0.39 is 11.4 Å². The van der Waals surface area contributed by atoms with E-state index in [0.717, 1.165) is 5.56 Å². The Morgan fingerprint density at radius 3 is 2.79 bits per heavy atom. The SMILES string of the molecule is CC1(C(=O)O)Cc2cccc(F)c2C1. The van der Waals surface area contributed by atoms with E-state index in [-0.39, 0.29) is 5.82 Å². The van der Waals surface area contributed by atoms with Crippen LogP contribution in [0.3, 0.4) is 0 Å². The smallest absolute Gasteiger partial charge is 0.310 e. The fourth-order valence-electron chi connectivity index (χ4n) is 1.99. The van der Waals surface area contributed by atoms with Gasteiger partial charge in [-0.1, -0.05) is 12.1 Å². The van der Waals surface area contributed by atoms with Crippen molar-refractivity contribution in [3.63, 3.8) is 0 Å². The number of rotatable bonds is 1. The Morgan fingerprint density at radius 1 is 1.50 bits per heavy atom. The predicted octanol–water partition coefficient (Wildman–Crippen LogP) is 2.02. The molecule has 2 nitrogen and oxygen atoms in total. The van der Waals surface area contributed by atoms with Crippen LogP contribution in [-0.2, 0) is 17.6 Å². The van der Waals surface area contributed by atoms with E-state index in [1.165, 1.54) is 6.07 Å². The molecule has 1 aromatic rings. The third-order valence-electron chi connectivity index (χ3n) is 2.88. The zero-order valence-corrected chi connectivity index (χ0v) is 7.88. The van der Waals surface area contributed by atoms with E-state index in [0.29, 0.717) is 18.4 Å². The van der Waals surface area contributed by atoms with Gasteiger partial charge in [-0.05, 0) is 37.0 Å². The molecule has 0 radical (unpaired) electrons. The molecule has 1 N–H and O–H groups in total. The van der Waals surface area contributed by atoms with Crippen molar-refractivity contribution < 1.29 is 14.3 Å². The largest absolute Gasteiger partial charge is 0.481 e. The first-order chi connectivity index (χ1) is 6.53. The van der Waals surface area contributed by atoms with Gasteiger partial charge < -0.3 is 5.11 Å². The van der Waals surface area contributed by atoms with Crippen LogP contribution in [0.5, 0.6) is 0 Å². The zero-order chi connectivity index (χ0) is 10.3. The van der Waals surface area contributed by atoms with Gasteiger partial charge in [0.15, 0.2) is 0 Å². The molecule has 14 heavy (non-hydrogen) atoms. The summed E-state index contributed by atoms with van der Waals surface area (Å²) in [5.74, 6) is -1.14. The summed E-state index contributed by atoms with van der Waals surface area (Å²) >= 11 is 0. The molecule has 0 bridgehead atoms. The first-order valence-electron chi connectivity index (χ1n) is 4.52. The molecule has 0 fully saturated rings. The molecule has 0 spiro atoms. The van der Waals surface area contributed by atoms with Crippen LogP contribution in [0.1, 0.15) is 18.1 Å². The second-order valence-electron chi connectivity index (χ2n) is 4.10. The molecule has 0 amide bonds. The minimum atomic E-state index is -0.854. The lowest BCUT2D eigenvalue weighted by atomic mass is 9.87. The molecule has 0 aliphatic heterocycles. The number of carbonyl (C=O) groups is 1. The van der Waals surface area contributed by atoms with Crippen molar-refractivity contribution >= 4 is 5.97 Å². The Morgan fingerprint density at radius 2 is 2.21 bits per heavy atom. The molecule has 1 aromatic carbocycles. The normalized spacial score (nSPS) is 24.7. The summed E-state index contributed by atoms with van der Waals surface area (Å²) in [6.07, 6.45) is 0.722. The fraction of sp³-hybridized carbons (Fsp3) is 0.364. The maximum Gasteiger partial charge on any atom is 0.310 e. The molecule has 3 heteroatoms. The average Bonchev–Trinajstić information content (AvgIpc) is 2.45. The van der Waals surface area contributed by atoms with Gasteiger partial charge in [0.05, 0.1) is 5.41 Å². The maximum atomic E-state index is 13.3. The lowest BCUT2D eigenvalue weighted by Crippen LogP contribution is -2.27. The Balaban J connectivity index is 2.44. The summed E-state index contributed by atoms with van der Waals surface area (Å²) < 4.78 is 13.3. The summed E-state index contributed by atoms with van der Waals surface area (Å²) in [7, 11) is 0. The topological polar surface area (TPSA) is 37.3 Å². The highest BCUT2D eigenvalue weighted by atomic mass is 19.1. The molecule has 1 unspecified atom stereocenters. The third-order valence-corrected chi connectivity index (χ3v) is 2.88. The molecule has 1 aliphatic rings. The monoisotopic (exact) mass is 194 g/mol. The van der Waals surface area contributed by atoms with E-state index in [1.807, 2.05) is 0 Å². The first-order valence-corrected chi connectivity index (χ1v) is 4.52. The average molecular weight is 194 g/mol. The molecule has 0 saturated heterocycles. The lowest BCUT2D eigenvalue weighted by molar-refractivity contribution is -0.147. The van der Waals surface area contributed by atoms with E-state index in [4.69, 9.17) is 5.11 Å². The number of carboxylic acids is 1. The number of hydrogen-bond donors (Lipinski definition) is 1. The van der Waals surface area contributed by atoms with Gasteiger partial charge in [0.1, 0.15) is 5.82 Å². The molecule has 0 aromatic heterocycles. The van der Waals surface area contributed by atoms with Crippen LogP contribution >= 0.6 is 0 Å². The highest BCUT2D eigenvalue weighted by Gasteiger charge is 2.40. The van der Waals surface area contributed by atoms with Gasteiger partial charge in [-0.2, -0.15) is 0 Å². The second-order valence-corrected chi connectivity index (χ2v) is 4.10. The van der Waals surface area contributed by atoms with Gasteiger partial charge in [0.2, 0.25) is 0 Å². The predicted molar refractivity (Wildman–Crippen MR) is 49.6 cm³/mol. The highest BCUT2D eigenvalue weighted by molar-refractivity contribution is 5.76. The quantitative estimate of drug-likeness (QED) is 0.742. The highest BCUT2D eigenvalue weighted by Crippen LogP contribution is 2.37. The summed E-state index contributed by atoms with van der Waals surface area (Å²) in [5.41, 5.74) is 0.567. The van der Waals surface area contributed by atoms with Gasteiger partial charge in [-0.25, -0.2) is 4.39 Å². The van der Waals surface area contributed by atoms with Crippen LogP contribution in [0.25, 0.3) is 0 Å². The summed E-state index contributed by atoms with van der Waals surface area (Å²) in [6, 6.07) is 4.81. The van der Waals surface area contributed by atoms with Gasteiger partial charge in [-0.3, -0.25) is 4.79 Å². The summed E-state index contributed by atoms with van der Waals surface area (Å²) in [5, 5.41) is 9.01. The van der Waals surface area contributed by atoms with Crippen molar-refractivity contribution in [2.75, 3.05) is 0 Å². The molecule has 2 rings (SSSR count). The molecule has 1 aliphatic carbocycles.